The number of aromatic nitrogens is 2. The van der Waals surface area contributed by atoms with Gasteiger partial charge in [-0.3, -0.25) is 0 Å². The second-order valence-electron chi connectivity index (χ2n) is 19.7. The van der Waals surface area contributed by atoms with Crippen molar-refractivity contribution in [2.45, 2.75) is 44.4 Å². The summed E-state index contributed by atoms with van der Waals surface area (Å²) >= 11 is 0. The fourth-order valence-corrected chi connectivity index (χ4v) is 12.1. The molecule has 0 spiro atoms. The Kier molecular flexibility index (Phi) is 9.33. The minimum absolute atomic E-state index is 0.325. The van der Waals surface area contributed by atoms with E-state index in [0.717, 1.165) is 11.4 Å². The van der Waals surface area contributed by atoms with Crippen LogP contribution in [-0.2, 0) is 10.8 Å². The standard InChI is InChI=1S/C67H52N2/c1-44(2)53-29-19-30-55-57-41-59-61(43-64(57)69(65(53)55)52-38-34-48(35-39-52)46-22-11-6-12-23-46)66(3,49-24-13-7-14-25-49)58-40-56-54-28-17-18-31-62(54)68(51-36-32-47(33-37-51)45-20-9-5-10-21-45)63(56)42-60(58)67(59,4)50-26-15-8-16-27-50/h5-44H,1-4H3. The van der Waals surface area contributed by atoms with Crippen LogP contribution in [0.25, 0.3) is 77.2 Å². The number of benzene rings is 10. The molecule has 0 aliphatic heterocycles. The number of nitrogens with zero attached hydrogens (tertiary/aromatic N) is 2. The van der Waals surface area contributed by atoms with Gasteiger partial charge < -0.3 is 9.13 Å². The van der Waals surface area contributed by atoms with Crippen molar-refractivity contribution in [1.82, 2.24) is 9.13 Å². The summed E-state index contributed by atoms with van der Waals surface area (Å²) in [6, 6.07) is 88.5. The fourth-order valence-electron chi connectivity index (χ4n) is 12.1. The van der Waals surface area contributed by atoms with Gasteiger partial charge >= 0.3 is 0 Å². The van der Waals surface area contributed by atoms with Gasteiger partial charge in [-0.25, -0.2) is 0 Å². The lowest BCUT2D eigenvalue weighted by molar-refractivity contribution is 0.570. The monoisotopic (exact) mass is 884 g/mol. The Bertz CT molecular complexity index is 3860. The highest BCUT2D eigenvalue weighted by Crippen LogP contribution is 2.58. The molecule has 1 aliphatic carbocycles. The molecule has 2 unspecified atom stereocenters. The van der Waals surface area contributed by atoms with Crippen LogP contribution in [0.2, 0.25) is 0 Å². The summed E-state index contributed by atoms with van der Waals surface area (Å²) in [5.41, 5.74) is 20.3. The van der Waals surface area contributed by atoms with Crippen LogP contribution in [0.3, 0.4) is 0 Å². The summed E-state index contributed by atoms with van der Waals surface area (Å²) in [6.07, 6.45) is 0. The van der Waals surface area contributed by atoms with Crippen LogP contribution in [0, 0.1) is 0 Å². The molecule has 2 aromatic heterocycles. The van der Waals surface area contributed by atoms with Crippen LogP contribution >= 0.6 is 0 Å². The molecule has 13 rings (SSSR count). The predicted molar refractivity (Wildman–Crippen MR) is 291 cm³/mol. The smallest absolute Gasteiger partial charge is 0.0575 e. The number of fused-ring (bicyclic) bond motifs is 8. The van der Waals surface area contributed by atoms with E-state index in [1.54, 1.807) is 0 Å². The lowest BCUT2D eigenvalue weighted by Crippen LogP contribution is -2.41. The molecule has 0 amide bonds. The van der Waals surface area contributed by atoms with Crippen molar-refractivity contribution >= 4 is 43.6 Å². The van der Waals surface area contributed by atoms with Crippen LogP contribution in [0.4, 0.5) is 0 Å². The van der Waals surface area contributed by atoms with Crippen molar-refractivity contribution in [1.29, 1.82) is 0 Å². The SMILES string of the molecule is CC(C)c1cccc2c3cc4c(cc3n(-c3ccc(-c5ccccc5)cc3)c12)C(C)(c1ccccc1)c1cc2c3ccccc3n(-c3ccc(-c5ccccc5)cc3)c2cc1C4(C)c1ccccc1. The predicted octanol–water partition coefficient (Wildman–Crippen LogP) is 17.4. The molecule has 2 heteroatoms. The first-order valence-electron chi connectivity index (χ1n) is 24.5. The molecule has 2 heterocycles. The topological polar surface area (TPSA) is 9.86 Å². The summed E-state index contributed by atoms with van der Waals surface area (Å²) in [5, 5.41) is 5.06. The van der Waals surface area contributed by atoms with Gasteiger partial charge in [0.2, 0.25) is 0 Å². The van der Waals surface area contributed by atoms with Gasteiger partial charge in [0, 0.05) is 43.7 Å². The third-order valence-electron chi connectivity index (χ3n) is 15.7. The molecule has 0 radical (unpaired) electrons. The molecule has 0 saturated carbocycles. The first-order chi connectivity index (χ1) is 33.8. The number of para-hydroxylation sites is 2. The molecule has 10 aromatic carbocycles. The number of hydrogen-bond acceptors (Lipinski definition) is 0. The minimum atomic E-state index is -0.525. The maximum Gasteiger partial charge on any atom is 0.0575 e. The minimum Gasteiger partial charge on any atom is -0.309 e. The van der Waals surface area contributed by atoms with Gasteiger partial charge in [0.25, 0.3) is 0 Å². The molecule has 69 heavy (non-hydrogen) atoms. The van der Waals surface area contributed by atoms with E-state index < -0.39 is 10.8 Å². The zero-order valence-electron chi connectivity index (χ0n) is 39.5. The van der Waals surface area contributed by atoms with E-state index in [0.29, 0.717) is 5.92 Å². The highest BCUT2D eigenvalue weighted by atomic mass is 15.0. The van der Waals surface area contributed by atoms with Crippen molar-refractivity contribution < 1.29 is 0 Å². The Balaban J connectivity index is 1.14. The molecule has 330 valence electrons. The molecule has 0 N–H and O–H groups in total. The van der Waals surface area contributed by atoms with Crippen LogP contribution in [-0.4, -0.2) is 9.13 Å². The Morgan fingerprint density at radius 3 is 1.22 bits per heavy atom. The Hall–Kier alpha value is -8.20. The summed E-state index contributed by atoms with van der Waals surface area (Å²) < 4.78 is 5.06. The second kappa shape index (κ2) is 15.7. The zero-order chi connectivity index (χ0) is 46.4. The van der Waals surface area contributed by atoms with Gasteiger partial charge in [-0.1, -0.05) is 196 Å². The molecule has 0 saturated heterocycles. The van der Waals surface area contributed by atoms with Crippen molar-refractivity contribution in [2.75, 3.05) is 0 Å². The van der Waals surface area contributed by atoms with Crippen molar-refractivity contribution in [2.24, 2.45) is 0 Å². The molecule has 0 fully saturated rings. The van der Waals surface area contributed by atoms with Gasteiger partial charge in [-0.05, 0) is 136 Å². The third kappa shape index (κ3) is 6.11. The van der Waals surface area contributed by atoms with E-state index in [-0.39, 0.29) is 0 Å². The zero-order valence-corrected chi connectivity index (χ0v) is 39.5. The van der Waals surface area contributed by atoms with Gasteiger partial charge in [-0.15, -0.1) is 0 Å². The molecular formula is C67H52N2. The van der Waals surface area contributed by atoms with E-state index in [1.165, 1.54) is 105 Å². The van der Waals surface area contributed by atoms with Gasteiger partial charge in [0.05, 0.1) is 22.1 Å². The molecule has 1 aliphatic rings. The summed E-state index contributed by atoms with van der Waals surface area (Å²) in [5.74, 6) is 0.325. The Morgan fingerprint density at radius 2 is 0.710 bits per heavy atom. The third-order valence-corrected chi connectivity index (χ3v) is 15.7. The first kappa shape index (κ1) is 41.0. The molecule has 12 aromatic rings. The molecular weight excluding hydrogens is 833 g/mol. The summed E-state index contributed by atoms with van der Waals surface area (Å²) in [6.45, 7) is 9.64. The molecule has 2 atom stereocenters. The summed E-state index contributed by atoms with van der Waals surface area (Å²) in [4.78, 5) is 0. The molecule has 2 nitrogen and oxygen atoms in total. The van der Waals surface area contributed by atoms with Crippen LogP contribution in [0.5, 0.6) is 0 Å². The normalized spacial score (nSPS) is 16.7. The molecule has 0 bridgehead atoms. The fraction of sp³-hybridized carbons (Fsp3) is 0.104. The van der Waals surface area contributed by atoms with E-state index >= 15 is 0 Å². The van der Waals surface area contributed by atoms with Gasteiger partial charge in [-0.2, -0.15) is 0 Å². The average Bonchev–Trinajstić information content (AvgIpc) is 3.92. The van der Waals surface area contributed by atoms with E-state index in [9.17, 15) is 0 Å². The Labute approximate surface area is 404 Å². The maximum atomic E-state index is 2.59. The lowest BCUT2D eigenvalue weighted by Gasteiger charge is -2.48. The second-order valence-corrected chi connectivity index (χ2v) is 19.7. The highest BCUT2D eigenvalue weighted by Gasteiger charge is 2.49. The van der Waals surface area contributed by atoms with Crippen molar-refractivity contribution in [3.05, 3.63) is 276 Å². The summed E-state index contributed by atoms with van der Waals surface area (Å²) in [7, 11) is 0. The quantitative estimate of drug-likeness (QED) is 0.151. The maximum absolute atomic E-state index is 2.59. The van der Waals surface area contributed by atoms with Crippen molar-refractivity contribution in [3.63, 3.8) is 0 Å². The van der Waals surface area contributed by atoms with E-state index in [4.69, 9.17) is 0 Å². The largest absolute Gasteiger partial charge is 0.309 e. The number of rotatable bonds is 7. The highest BCUT2D eigenvalue weighted by molar-refractivity contribution is 6.13. The van der Waals surface area contributed by atoms with Crippen LogP contribution in [0.15, 0.2) is 237 Å². The van der Waals surface area contributed by atoms with E-state index in [1.807, 2.05) is 0 Å². The number of hydrogen-bond donors (Lipinski definition) is 0. The van der Waals surface area contributed by atoms with E-state index in [2.05, 4.69) is 273 Å². The lowest BCUT2D eigenvalue weighted by atomic mass is 9.54. The van der Waals surface area contributed by atoms with Crippen LogP contribution < -0.4 is 0 Å². The first-order valence-corrected chi connectivity index (χ1v) is 24.5. The Morgan fingerprint density at radius 1 is 0.319 bits per heavy atom. The van der Waals surface area contributed by atoms with Crippen molar-refractivity contribution in [3.8, 4) is 33.6 Å². The van der Waals surface area contributed by atoms with Gasteiger partial charge in [0.1, 0.15) is 0 Å². The average molecular weight is 885 g/mol. The van der Waals surface area contributed by atoms with Crippen LogP contribution in [0.1, 0.15) is 72.6 Å². The van der Waals surface area contributed by atoms with Gasteiger partial charge in [0.15, 0.2) is 0 Å².